The zero-order chi connectivity index (χ0) is 14.5. The number of thioether (sulfide) groups is 1. The minimum Gasteiger partial charge on any atom is -0.389 e. The van der Waals surface area contributed by atoms with Crippen molar-refractivity contribution in [3.63, 3.8) is 0 Å². The number of hydrogen-bond acceptors (Lipinski definition) is 3. The van der Waals surface area contributed by atoms with E-state index in [1.807, 2.05) is 36.4 Å². The van der Waals surface area contributed by atoms with Crippen molar-refractivity contribution in [2.45, 2.75) is 41.8 Å². The number of hydrogen-bond donors (Lipinski definition) is 1. The van der Waals surface area contributed by atoms with E-state index < -0.39 is 0 Å². The van der Waals surface area contributed by atoms with E-state index in [1.54, 1.807) is 11.8 Å². The van der Waals surface area contributed by atoms with Crippen molar-refractivity contribution in [1.29, 1.82) is 0 Å². The molecule has 1 fully saturated rings. The highest BCUT2D eigenvalue weighted by Crippen LogP contribution is 2.36. The van der Waals surface area contributed by atoms with E-state index in [0.29, 0.717) is 6.61 Å². The Labute approximate surface area is 130 Å². The molecule has 3 atom stereocenters. The van der Waals surface area contributed by atoms with Gasteiger partial charge in [0.15, 0.2) is 0 Å². The van der Waals surface area contributed by atoms with Gasteiger partial charge in [-0.3, -0.25) is 0 Å². The van der Waals surface area contributed by atoms with Gasteiger partial charge in [0.25, 0.3) is 0 Å². The molecule has 3 heteroatoms. The molecule has 2 aromatic carbocycles. The lowest BCUT2D eigenvalue weighted by Gasteiger charge is -2.20. The summed E-state index contributed by atoms with van der Waals surface area (Å²) < 4.78 is 5.91. The number of aliphatic hydroxyl groups excluding tert-OH is 1. The third kappa shape index (κ3) is 3.88. The molecule has 0 amide bonds. The average molecular weight is 300 g/mol. The Kier molecular flexibility index (Phi) is 4.96. The summed E-state index contributed by atoms with van der Waals surface area (Å²) in [5.74, 6) is 0. The molecule has 21 heavy (non-hydrogen) atoms. The molecule has 1 saturated carbocycles. The van der Waals surface area contributed by atoms with Crippen molar-refractivity contribution in [2.24, 2.45) is 0 Å². The minimum absolute atomic E-state index is 0.0496. The fourth-order valence-electron chi connectivity index (χ4n) is 2.67. The van der Waals surface area contributed by atoms with E-state index in [2.05, 4.69) is 24.3 Å². The first-order valence-corrected chi connectivity index (χ1v) is 8.26. The Morgan fingerprint density at radius 2 is 1.62 bits per heavy atom. The van der Waals surface area contributed by atoms with Crippen molar-refractivity contribution < 1.29 is 9.84 Å². The van der Waals surface area contributed by atoms with Gasteiger partial charge >= 0.3 is 0 Å². The van der Waals surface area contributed by atoms with E-state index in [0.717, 1.165) is 18.4 Å². The summed E-state index contributed by atoms with van der Waals surface area (Å²) in [6.45, 7) is 0.575. The van der Waals surface area contributed by atoms with E-state index in [9.17, 15) is 5.11 Å². The summed E-state index contributed by atoms with van der Waals surface area (Å²) in [7, 11) is 0. The summed E-state index contributed by atoms with van der Waals surface area (Å²) >= 11 is 1.75. The van der Waals surface area contributed by atoms with Gasteiger partial charge in [-0.1, -0.05) is 48.5 Å². The fraction of sp³-hybridized carbons (Fsp3) is 0.333. The maximum Gasteiger partial charge on any atom is 0.0923 e. The van der Waals surface area contributed by atoms with Crippen molar-refractivity contribution in [1.82, 2.24) is 0 Å². The van der Waals surface area contributed by atoms with Crippen molar-refractivity contribution in [3.8, 4) is 0 Å². The molecule has 0 bridgehead atoms. The van der Waals surface area contributed by atoms with Crippen LogP contribution in [0.1, 0.15) is 18.4 Å². The Morgan fingerprint density at radius 1 is 0.952 bits per heavy atom. The molecule has 110 valence electrons. The van der Waals surface area contributed by atoms with Crippen LogP contribution in [0, 0.1) is 0 Å². The van der Waals surface area contributed by atoms with Crippen molar-refractivity contribution >= 4 is 11.8 Å². The zero-order valence-electron chi connectivity index (χ0n) is 11.9. The number of rotatable bonds is 5. The summed E-state index contributed by atoms with van der Waals surface area (Å²) in [5.41, 5.74) is 1.16. The SMILES string of the molecule is O[C@@H]1[C@@H](Sc2ccccc2)CC[C@H]1OCc1ccccc1. The monoisotopic (exact) mass is 300 g/mol. The molecule has 0 radical (unpaired) electrons. The molecule has 0 heterocycles. The molecule has 0 saturated heterocycles. The van der Waals surface area contributed by atoms with Crippen LogP contribution in [0.3, 0.4) is 0 Å². The van der Waals surface area contributed by atoms with Crippen molar-refractivity contribution in [2.75, 3.05) is 0 Å². The summed E-state index contributed by atoms with van der Waals surface area (Å²) in [4.78, 5) is 1.21. The lowest BCUT2D eigenvalue weighted by molar-refractivity contribution is -0.0258. The Bertz CT molecular complexity index is 544. The standard InChI is InChI=1S/C18H20O2S/c19-18-16(20-13-14-7-3-1-4-8-14)11-12-17(18)21-15-9-5-2-6-10-15/h1-10,16-19H,11-13H2/t16-,17+,18+/m1/s1. The smallest absolute Gasteiger partial charge is 0.0923 e. The first-order chi connectivity index (χ1) is 10.3. The van der Waals surface area contributed by atoms with Crippen LogP contribution in [0.4, 0.5) is 0 Å². The maximum atomic E-state index is 10.4. The molecule has 3 rings (SSSR count). The molecule has 0 spiro atoms. The summed E-state index contributed by atoms with van der Waals surface area (Å²) in [6, 6.07) is 20.4. The minimum atomic E-state index is -0.390. The molecule has 0 unspecified atom stereocenters. The second kappa shape index (κ2) is 7.12. The van der Waals surface area contributed by atoms with E-state index >= 15 is 0 Å². The number of ether oxygens (including phenoxy) is 1. The van der Waals surface area contributed by atoms with Crippen LogP contribution in [-0.2, 0) is 11.3 Å². The lowest BCUT2D eigenvalue weighted by atomic mass is 10.2. The first kappa shape index (κ1) is 14.6. The van der Waals surface area contributed by atoms with E-state index in [-0.39, 0.29) is 17.5 Å². The third-order valence-electron chi connectivity index (χ3n) is 3.84. The van der Waals surface area contributed by atoms with Crippen LogP contribution in [-0.4, -0.2) is 22.6 Å². The predicted molar refractivity (Wildman–Crippen MR) is 86.3 cm³/mol. The Hall–Kier alpha value is -1.29. The largest absolute Gasteiger partial charge is 0.389 e. The first-order valence-electron chi connectivity index (χ1n) is 7.38. The molecule has 1 N–H and O–H groups in total. The van der Waals surface area contributed by atoms with Gasteiger partial charge in [-0.05, 0) is 30.5 Å². The van der Waals surface area contributed by atoms with Gasteiger partial charge in [-0.15, -0.1) is 11.8 Å². The Morgan fingerprint density at radius 3 is 2.33 bits per heavy atom. The summed E-state index contributed by atoms with van der Waals surface area (Å²) in [5, 5.41) is 10.7. The van der Waals surface area contributed by atoms with E-state index in [1.165, 1.54) is 4.90 Å². The molecule has 2 aromatic rings. The fourth-order valence-corrected chi connectivity index (χ4v) is 3.90. The van der Waals surface area contributed by atoms with Crippen LogP contribution in [0.15, 0.2) is 65.6 Å². The van der Waals surface area contributed by atoms with Crippen LogP contribution in [0.25, 0.3) is 0 Å². The predicted octanol–water partition coefficient (Wildman–Crippen LogP) is 3.89. The topological polar surface area (TPSA) is 29.5 Å². The van der Waals surface area contributed by atoms with E-state index in [4.69, 9.17) is 4.74 Å². The van der Waals surface area contributed by atoms with Gasteiger partial charge in [-0.2, -0.15) is 0 Å². The highest BCUT2D eigenvalue weighted by Gasteiger charge is 2.35. The molecular weight excluding hydrogens is 280 g/mol. The number of benzene rings is 2. The van der Waals surface area contributed by atoms with Gasteiger partial charge in [0, 0.05) is 10.1 Å². The third-order valence-corrected chi connectivity index (χ3v) is 5.20. The Balaban J connectivity index is 1.53. The van der Waals surface area contributed by atoms with Crippen LogP contribution in [0.2, 0.25) is 0 Å². The normalized spacial score (nSPS) is 25.1. The van der Waals surface area contributed by atoms with Crippen LogP contribution in [0.5, 0.6) is 0 Å². The maximum absolute atomic E-state index is 10.4. The van der Waals surface area contributed by atoms with Gasteiger partial charge in [0.1, 0.15) is 0 Å². The quantitative estimate of drug-likeness (QED) is 0.908. The number of aliphatic hydroxyl groups is 1. The zero-order valence-corrected chi connectivity index (χ0v) is 12.7. The van der Waals surface area contributed by atoms with Gasteiger partial charge in [0.05, 0.1) is 18.8 Å². The second-order valence-electron chi connectivity index (χ2n) is 5.37. The average Bonchev–Trinajstić information content (AvgIpc) is 2.88. The van der Waals surface area contributed by atoms with Crippen LogP contribution >= 0.6 is 11.8 Å². The second-order valence-corrected chi connectivity index (χ2v) is 6.68. The molecule has 2 nitrogen and oxygen atoms in total. The summed E-state index contributed by atoms with van der Waals surface area (Å²) in [6.07, 6.45) is 1.49. The molecule has 0 aromatic heterocycles. The lowest BCUT2D eigenvalue weighted by Crippen LogP contribution is -2.29. The van der Waals surface area contributed by atoms with Gasteiger partial charge in [0.2, 0.25) is 0 Å². The molecular formula is C18H20O2S. The highest BCUT2D eigenvalue weighted by atomic mass is 32.2. The van der Waals surface area contributed by atoms with Crippen molar-refractivity contribution in [3.05, 3.63) is 66.2 Å². The molecule has 1 aliphatic rings. The van der Waals surface area contributed by atoms with Gasteiger partial charge < -0.3 is 9.84 Å². The van der Waals surface area contributed by atoms with Crippen LogP contribution < -0.4 is 0 Å². The molecule has 1 aliphatic carbocycles. The highest BCUT2D eigenvalue weighted by molar-refractivity contribution is 8.00. The van der Waals surface area contributed by atoms with Gasteiger partial charge in [-0.25, -0.2) is 0 Å². The molecule has 0 aliphatic heterocycles.